The smallest absolute Gasteiger partial charge is 0.255 e. The maximum absolute atomic E-state index is 13.7. The summed E-state index contributed by atoms with van der Waals surface area (Å²) in [6.07, 6.45) is 0.262. The van der Waals surface area contributed by atoms with Crippen LogP contribution in [0.2, 0.25) is 0 Å². The van der Waals surface area contributed by atoms with E-state index in [1.807, 2.05) is 0 Å². The number of hydrogen-bond acceptors (Lipinski definition) is 10. The Kier molecular flexibility index (Phi) is 5.70. The van der Waals surface area contributed by atoms with Crippen LogP contribution in [0.25, 0.3) is 0 Å². The van der Waals surface area contributed by atoms with Gasteiger partial charge in [0.1, 0.15) is 22.8 Å². The van der Waals surface area contributed by atoms with Gasteiger partial charge < -0.3 is 36.8 Å². The standard InChI is InChI=1S/C24H30N4O7/c1-27(2)13-7-10(8-25)18(29)15-11(13)5-9-6-12-17(28(3)4)20(31)16(23(26)34)22(33)24(12,35)21(32)14(9)19(15)30/h7,9,12,17,29,31-32,35H,5-6,8,25H2,1-4H3,(H2,26,34)/t9?,12?,17-,24-/m0/s1. The number of allylic oxidation sites excluding steroid dienone is 1. The number of carbonyl (C=O) groups excluding carboxylic acids is 3. The highest BCUT2D eigenvalue weighted by molar-refractivity contribution is 6.24. The van der Waals surface area contributed by atoms with E-state index in [0.717, 1.165) is 0 Å². The van der Waals surface area contributed by atoms with Crippen LogP contribution in [0.1, 0.15) is 27.9 Å². The average Bonchev–Trinajstić information content (AvgIpc) is 2.75. The highest BCUT2D eigenvalue weighted by Gasteiger charge is 2.63. The molecular weight excluding hydrogens is 456 g/mol. The molecule has 8 N–H and O–H groups in total. The molecule has 11 nitrogen and oxygen atoms in total. The number of benzene rings is 1. The van der Waals surface area contributed by atoms with Gasteiger partial charge >= 0.3 is 0 Å². The number of hydrogen-bond donors (Lipinski definition) is 6. The zero-order valence-electron chi connectivity index (χ0n) is 20.0. The lowest BCUT2D eigenvalue weighted by Crippen LogP contribution is -2.63. The molecular formula is C24H30N4O7. The zero-order valence-corrected chi connectivity index (χ0v) is 20.0. The highest BCUT2D eigenvalue weighted by Crippen LogP contribution is 2.53. The summed E-state index contributed by atoms with van der Waals surface area (Å²) in [5, 5.41) is 44.5. The van der Waals surface area contributed by atoms with Gasteiger partial charge in [-0.25, -0.2) is 0 Å². The molecule has 0 aliphatic heterocycles. The summed E-state index contributed by atoms with van der Waals surface area (Å²) < 4.78 is 0. The second-order valence-electron chi connectivity index (χ2n) is 9.82. The van der Waals surface area contributed by atoms with Crippen molar-refractivity contribution in [2.75, 3.05) is 33.1 Å². The van der Waals surface area contributed by atoms with Crippen molar-refractivity contribution in [3.8, 4) is 5.75 Å². The largest absolute Gasteiger partial charge is 0.510 e. The number of nitrogens with two attached hydrogens (primary N) is 2. The third-order valence-electron chi connectivity index (χ3n) is 7.48. The monoisotopic (exact) mass is 486 g/mol. The summed E-state index contributed by atoms with van der Waals surface area (Å²) in [7, 11) is 6.75. The summed E-state index contributed by atoms with van der Waals surface area (Å²) in [5.41, 5.74) is 8.94. The van der Waals surface area contributed by atoms with Crippen LogP contribution in [-0.4, -0.2) is 82.6 Å². The number of fused-ring (bicyclic) bond motifs is 3. The van der Waals surface area contributed by atoms with E-state index in [9.17, 15) is 34.8 Å². The van der Waals surface area contributed by atoms with Gasteiger partial charge in [0.25, 0.3) is 5.91 Å². The first-order valence-corrected chi connectivity index (χ1v) is 11.2. The second-order valence-corrected chi connectivity index (χ2v) is 9.82. The Balaban J connectivity index is 2.00. The summed E-state index contributed by atoms with van der Waals surface area (Å²) in [6.45, 7) is -0.0389. The van der Waals surface area contributed by atoms with E-state index >= 15 is 0 Å². The number of amides is 1. The van der Waals surface area contributed by atoms with Crippen molar-refractivity contribution in [3.63, 3.8) is 0 Å². The topological polar surface area (TPSA) is 191 Å². The molecule has 0 heterocycles. The minimum atomic E-state index is -2.66. The van der Waals surface area contributed by atoms with Gasteiger partial charge in [0, 0.05) is 43.4 Å². The van der Waals surface area contributed by atoms with E-state index in [1.165, 1.54) is 4.90 Å². The normalized spacial score (nSPS) is 28.1. The fourth-order valence-corrected chi connectivity index (χ4v) is 5.91. The van der Waals surface area contributed by atoms with E-state index in [-0.39, 0.29) is 36.3 Å². The SMILES string of the molecule is CN(C)c1cc(CN)c(O)c2c1CC1CC3[C@H](N(C)C)C(O)=C(C(N)=O)C(=O)[C@@]3(O)C(O)=C1C2=O. The number of likely N-dealkylation sites (N-methyl/N-ethyl adjacent to an activating group) is 1. The summed E-state index contributed by atoms with van der Waals surface area (Å²) in [4.78, 5) is 42.3. The minimum Gasteiger partial charge on any atom is -0.510 e. The van der Waals surface area contributed by atoms with Crippen LogP contribution < -0.4 is 16.4 Å². The Morgan fingerprint density at radius 1 is 1.17 bits per heavy atom. The number of phenols is 1. The molecule has 4 rings (SSSR count). The minimum absolute atomic E-state index is 0.0389. The molecule has 35 heavy (non-hydrogen) atoms. The number of nitrogens with zero attached hydrogens (tertiary/aromatic N) is 2. The van der Waals surface area contributed by atoms with Crippen molar-refractivity contribution < 1.29 is 34.8 Å². The molecule has 0 bridgehead atoms. The van der Waals surface area contributed by atoms with Crippen molar-refractivity contribution >= 4 is 23.2 Å². The van der Waals surface area contributed by atoms with Crippen LogP contribution >= 0.6 is 0 Å². The predicted molar refractivity (Wildman–Crippen MR) is 126 cm³/mol. The number of primary amides is 1. The number of aliphatic hydroxyl groups excluding tert-OH is 2. The van der Waals surface area contributed by atoms with Crippen molar-refractivity contribution in [3.05, 3.63) is 45.4 Å². The second kappa shape index (κ2) is 8.08. The number of rotatable bonds is 4. The molecule has 0 saturated heterocycles. The van der Waals surface area contributed by atoms with Gasteiger partial charge in [-0.15, -0.1) is 0 Å². The Bertz CT molecular complexity index is 1230. The fraction of sp³-hybridized carbons (Fsp3) is 0.458. The Morgan fingerprint density at radius 3 is 2.31 bits per heavy atom. The van der Waals surface area contributed by atoms with Gasteiger partial charge in [-0.05, 0) is 44.5 Å². The molecule has 1 amide bonds. The maximum atomic E-state index is 13.7. The van der Waals surface area contributed by atoms with Crippen molar-refractivity contribution in [1.82, 2.24) is 4.90 Å². The molecule has 0 saturated carbocycles. The number of aromatic hydroxyl groups is 1. The first kappa shape index (κ1) is 24.7. The van der Waals surface area contributed by atoms with Crippen molar-refractivity contribution in [2.45, 2.75) is 31.0 Å². The van der Waals surface area contributed by atoms with Crippen LogP contribution in [0.4, 0.5) is 5.69 Å². The van der Waals surface area contributed by atoms with Crippen LogP contribution in [0.15, 0.2) is 28.7 Å². The number of phenolic OH excluding ortho intramolecular Hbond substituents is 1. The molecule has 0 spiro atoms. The quantitative estimate of drug-likeness (QED) is 0.307. The fourth-order valence-electron chi connectivity index (χ4n) is 5.91. The predicted octanol–water partition coefficient (Wildman–Crippen LogP) is -0.355. The van der Waals surface area contributed by atoms with Crippen LogP contribution in [-0.2, 0) is 22.6 Å². The van der Waals surface area contributed by atoms with Crippen molar-refractivity contribution in [2.24, 2.45) is 23.3 Å². The summed E-state index contributed by atoms with van der Waals surface area (Å²) in [5.74, 6) is -6.74. The molecule has 1 aromatic carbocycles. The third kappa shape index (κ3) is 3.19. The van der Waals surface area contributed by atoms with E-state index in [4.69, 9.17) is 11.5 Å². The Morgan fingerprint density at radius 2 is 1.80 bits per heavy atom. The van der Waals surface area contributed by atoms with Gasteiger partial charge in [0.2, 0.25) is 5.78 Å². The number of Topliss-reactive ketones (excluding diaryl/α,β-unsaturated/α-hetero) is 2. The molecule has 3 aliphatic rings. The van der Waals surface area contributed by atoms with Crippen molar-refractivity contribution in [1.29, 1.82) is 0 Å². The average molecular weight is 487 g/mol. The lowest BCUT2D eigenvalue weighted by atomic mass is 9.58. The Hall–Kier alpha value is -3.41. The van der Waals surface area contributed by atoms with Gasteiger partial charge in [-0.3, -0.25) is 19.3 Å². The van der Waals surface area contributed by atoms with Gasteiger partial charge in [0.15, 0.2) is 11.4 Å². The molecule has 11 heteroatoms. The van der Waals surface area contributed by atoms with E-state index in [2.05, 4.69) is 0 Å². The van der Waals surface area contributed by atoms with Crippen LogP contribution in [0.5, 0.6) is 5.75 Å². The lowest BCUT2D eigenvalue weighted by Gasteiger charge is -2.50. The number of ketones is 2. The van der Waals surface area contributed by atoms with Crippen LogP contribution in [0, 0.1) is 11.8 Å². The highest BCUT2D eigenvalue weighted by atomic mass is 16.3. The number of aliphatic hydroxyl groups is 3. The molecule has 1 aromatic rings. The molecule has 4 atom stereocenters. The summed E-state index contributed by atoms with van der Waals surface area (Å²) in [6, 6.07) is 0.678. The molecule has 188 valence electrons. The molecule has 0 fully saturated rings. The molecule has 3 aliphatic carbocycles. The zero-order chi connectivity index (χ0) is 26.1. The molecule has 0 aromatic heterocycles. The van der Waals surface area contributed by atoms with E-state index in [1.54, 1.807) is 39.2 Å². The number of carbonyl (C=O) groups is 3. The Labute approximate surface area is 201 Å². The number of anilines is 1. The van der Waals surface area contributed by atoms with E-state index in [0.29, 0.717) is 16.8 Å². The lowest BCUT2D eigenvalue weighted by molar-refractivity contribution is -0.148. The van der Waals surface area contributed by atoms with Gasteiger partial charge in [-0.1, -0.05) is 0 Å². The first-order chi connectivity index (χ1) is 16.3. The van der Waals surface area contributed by atoms with Gasteiger partial charge in [0.05, 0.1) is 11.6 Å². The maximum Gasteiger partial charge on any atom is 0.255 e. The van der Waals surface area contributed by atoms with Gasteiger partial charge in [-0.2, -0.15) is 0 Å². The first-order valence-electron chi connectivity index (χ1n) is 11.2. The molecule has 0 radical (unpaired) electrons. The third-order valence-corrected chi connectivity index (χ3v) is 7.48. The van der Waals surface area contributed by atoms with E-state index < -0.39 is 58.0 Å². The molecule has 2 unspecified atom stereocenters. The summed E-state index contributed by atoms with van der Waals surface area (Å²) >= 11 is 0. The van der Waals surface area contributed by atoms with Crippen LogP contribution in [0.3, 0.4) is 0 Å².